The lowest BCUT2D eigenvalue weighted by Gasteiger charge is -2.02. The number of carbonyl (C=O) groups is 2. The maximum Gasteiger partial charge on any atom is 0.279 e. The number of nitrogens with zero attached hydrogens (tertiary/aromatic N) is 4. The Labute approximate surface area is 150 Å². The minimum atomic E-state index is -0.416. The molecule has 2 aromatic heterocycles. The number of Topliss-reactive ketones (excluding diaryl/α,β-unsaturated/α-hetero) is 1. The summed E-state index contributed by atoms with van der Waals surface area (Å²) in [6.07, 6.45) is 4.86. The number of aryl methyl sites for hydroxylation is 1. The topological polar surface area (TPSA) is 103 Å². The molecule has 0 fully saturated rings. The first-order chi connectivity index (χ1) is 12.6. The molecule has 0 atom stereocenters. The van der Waals surface area contributed by atoms with Crippen molar-refractivity contribution in [2.45, 2.75) is 32.7 Å². The van der Waals surface area contributed by atoms with E-state index in [4.69, 9.17) is 4.42 Å². The van der Waals surface area contributed by atoms with E-state index in [1.165, 1.54) is 17.4 Å². The van der Waals surface area contributed by atoms with Gasteiger partial charge in [-0.3, -0.25) is 4.79 Å². The molecule has 0 aliphatic heterocycles. The Morgan fingerprint density at radius 3 is 2.77 bits per heavy atom. The van der Waals surface area contributed by atoms with Gasteiger partial charge in [0.05, 0.1) is 12.7 Å². The summed E-state index contributed by atoms with van der Waals surface area (Å²) >= 11 is 0. The van der Waals surface area contributed by atoms with E-state index < -0.39 is 5.91 Å². The highest BCUT2D eigenvalue weighted by Gasteiger charge is 2.19. The Morgan fingerprint density at radius 2 is 2.00 bits per heavy atom. The first-order valence-corrected chi connectivity index (χ1v) is 8.33. The molecule has 0 radical (unpaired) electrons. The van der Waals surface area contributed by atoms with Crippen LogP contribution in [-0.2, 0) is 11.3 Å². The predicted molar refractivity (Wildman–Crippen MR) is 94.4 cm³/mol. The number of hydrogen-bond acceptors (Lipinski definition) is 6. The molecule has 8 heteroatoms. The summed E-state index contributed by atoms with van der Waals surface area (Å²) in [5, 5.41) is 11.0. The number of hydrogen-bond donors (Lipinski definition) is 1. The number of oxazole rings is 1. The maximum absolute atomic E-state index is 12.5. The number of unbranched alkanes of at least 4 members (excludes halogenated alkanes) is 1. The van der Waals surface area contributed by atoms with Crippen molar-refractivity contribution in [3.05, 3.63) is 48.6 Å². The summed E-state index contributed by atoms with van der Waals surface area (Å²) in [7, 11) is 0. The third-order valence-electron chi connectivity index (χ3n) is 3.73. The molecule has 0 saturated carbocycles. The SMILES string of the molecule is CC(=O)CCCCn1ncc(NC(=O)c2ncoc2-c2ccccc2)n1. The van der Waals surface area contributed by atoms with Gasteiger partial charge in [-0.05, 0) is 19.8 Å². The van der Waals surface area contributed by atoms with E-state index in [-0.39, 0.29) is 11.5 Å². The third kappa shape index (κ3) is 4.41. The highest BCUT2D eigenvalue weighted by molar-refractivity contribution is 6.05. The molecule has 0 unspecified atom stereocenters. The maximum atomic E-state index is 12.5. The number of ketones is 1. The van der Waals surface area contributed by atoms with Crippen LogP contribution < -0.4 is 5.32 Å². The lowest BCUT2D eigenvalue weighted by molar-refractivity contribution is -0.117. The van der Waals surface area contributed by atoms with Gasteiger partial charge < -0.3 is 14.5 Å². The quantitative estimate of drug-likeness (QED) is 0.625. The van der Waals surface area contributed by atoms with E-state index in [2.05, 4.69) is 20.5 Å². The number of nitrogens with one attached hydrogen (secondary N) is 1. The first kappa shape index (κ1) is 17.5. The standard InChI is InChI=1S/C18H19N5O3/c1-13(24)7-5-6-10-23-20-11-15(22-23)21-18(25)16-17(26-12-19-16)14-8-3-2-4-9-14/h2-4,8-9,11-12H,5-7,10H2,1H3,(H,21,22,25). The van der Waals surface area contributed by atoms with Crippen LogP contribution in [0.15, 0.2) is 47.3 Å². The fourth-order valence-electron chi connectivity index (χ4n) is 2.47. The van der Waals surface area contributed by atoms with Crippen LogP contribution in [0.25, 0.3) is 11.3 Å². The Hall–Kier alpha value is -3.29. The van der Waals surface area contributed by atoms with E-state index in [9.17, 15) is 9.59 Å². The van der Waals surface area contributed by atoms with Crippen LogP contribution in [0.3, 0.4) is 0 Å². The number of benzene rings is 1. The molecule has 0 aliphatic carbocycles. The van der Waals surface area contributed by atoms with Crippen LogP contribution >= 0.6 is 0 Å². The summed E-state index contributed by atoms with van der Waals surface area (Å²) in [4.78, 5) is 28.9. The van der Waals surface area contributed by atoms with Gasteiger partial charge in [0, 0.05) is 12.0 Å². The van der Waals surface area contributed by atoms with Gasteiger partial charge >= 0.3 is 0 Å². The molecule has 0 saturated heterocycles. The molecule has 134 valence electrons. The van der Waals surface area contributed by atoms with Gasteiger partial charge in [0.1, 0.15) is 5.78 Å². The van der Waals surface area contributed by atoms with Gasteiger partial charge in [0.2, 0.25) is 0 Å². The van der Waals surface area contributed by atoms with Crippen LogP contribution in [-0.4, -0.2) is 31.7 Å². The van der Waals surface area contributed by atoms with Crippen LogP contribution in [0, 0.1) is 0 Å². The third-order valence-corrected chi connectivity index (χ3v) is 3.73. The predicted octanol–water partition coefficient (Wildman–Crippen LogP) is 2.94. The molecule has 8 nitrogen and oxygen atoms in total. The molecule has 0 aliphatic rings. The summed E-state index contributed by atoms with van der Waals surface area (Å²) < 4.78 is 5.36. The average molecular weight is 353 g/mol. The van der Waals surface area contributed by atoms with E-state index in [0.29, 0.717) is 24.5 Å². The summed E-state index contributed by atoms with van der Waals surface area (Å²) in [6, 6.07) is 9.28. The van der Waals surface area contributed by atoms with Gasteiger partial charge in [-0.2, -0.15) is 9.90 Å². The Bertz CT molecular complexity index is 885. The van der Waals surface area contributed by atoms with Gasteiger partial charge in [-0.25, -0.2) is 4.98 Å². The summed E-state index contributed by atoms with van der Waals surface area (Å²) in [5.74, 6) is 0.498. The fourth-order valence-corrected chi connectivity index (χ4v) is 2.47. The number of carbonyl (C=O) groups excluding carboxylic acids is 2. The second-order valence-corrected chi connectivity index (χ2v) is 5.84. The van der Waals surface area contributed by atoms with E-state index in [1.807, 2.05) is 30.3 Å². The zero-order valence-electron chi connectivity index (χ0n) is 14.4. The van der Waals surface area contributed by atoms with Crippen LogP contribution in [0.2, 0.25) is 0 Å². The zero-order chi connectivity index (χ0) is 18.4. The molecule has 1 N–H and O–H groups in total. The first-order valence-electron chi connectivity index (χ1n) is 8.33. The van der Waals surface area contributed by atoms with E-state index in [1.54, 1.807) is 6.92 Å². The Balaban J connectivity index is 1.61. The lowest BCUT2D eigenvalue weighted by atomic mass is 10.1. The number of amides is 1. The number of aromatic nitrogens is 4. The average Bonchev–Trinajstić information content (AvgIpc) is 3.29. The molecule has 2 heterocycles. The Morgan fingerprint density at radius 1 is 1.19 bits per heavy atom. The Kier molecular flexibility index (Phi) is 5.52. The summed E-state index contributed by atoms with van der Waals surface area (Å²) in [5.41, 5.74) is 0.955. The number of rotatable bonds is 8. The highest BCUT2D eigenvalue weighted by Crippen LogP contribution is 2.23. The van der Waals surface area contributed by atoms with E-state index in [0.717, 1.165) is 18.4 Å². The number of anilines is 1. The van der Waals surface area contributed by atoms with Gasteiger partial charge in [0.25, 0.3) is 5.91 Å². The largest absolute Gasteiger partial charge is 0.443 e. The van der Waals surface area contributed by atoms with Crippen molar-refractivity contribution in [1.82, 2.24) is 20.0 Å². The van der Waals surface area contributed by atoms with Crippen molar-refractivity contribution >= 4 is 17.5 Å². The normalized spacial score (nSPS) is 10.7. The second-order valence-electron chi connectivity index (χ2n) is 5.84. The van der Waals surface area contributed by atoms with Gasteiger partial charge in [0.15, 0.2) is 23.7 Å². The monoisotopic (exact) mass is 353 g/mol. The van der Waals surface area contributed by atoms with Crippen molar-refractivity contribution in [3.8, 4) is 11.3 Å². The zero-order valence-corrected chi connectivity index (χ0v) is 14.4. The smallest absolute Gasteiger partial charge is 0.279 e. The second kappa shape index (κ2) is 8.19. The molecule has 1 aromatic carbocycles. The van der Waals surface area contributed by atoms with Gasteiger partial charge in [-0.1, -0.05) is 30.3 Å². The summed E-state index contributed by atoms with van der Waals surface area (Å²) in [6.45, 7) is 2.16. The van der Waals surface area contributed by atoms with Gasteiger partial charge in [-0.15, -0.1) is 5.10 Å². The molecule has 26 heavy (non-hydrogen) atoms. The van der Waals surface area contributed by atoms with Crippen molar-refractivity contribution in [1.29, 1.82) is 0 Å². The molecular formula is C18H19N5O3. The lowest BCUT2D eigenvalue weighted by Crippen LogP contribution is -2.14. The van der Waals surface area contributed by atoms with Crippen LogP contribution in [0.4, 0.5) is 5.82 Å². The molecule has 0 bridgehead atoms. The highest BCUT2D eigenvalue weighted by atomic mass is 16.3. The van der Waals surface area contributed by atoms with Crippen molar-refractivity contribution in [2.24, 2.45) is 0 Å². The van der Waals surface area contributed by atoms with Crippen molar-refractivity contribution in [2.75, 3.05) is 5.32 Å². The van der Waals surface area contributed by atoms with Crippen molar-refractivity contribution in [3.63, 3.8) is 0 Å². The minimum absolute atomic E-state index is 0.174. The minimum Gasteiger partial charge on any atom is -0.443 e. The molecule has 0 spiro atoms. The molecule has 1 amide bonds. The molecule has 3 aromatic rings. The van der Waals surface area contributed by atoms with Crippen molar-refractivity contribution < 1.29 is 14.0 Å². The molecule has 3 rings (SSSR count). The van der Waals surface area contributed by atoms with Crippen LogP contribution in [0.5, 0.6) is 0 Å². The van der Waals surface area contributed by atoms with E-state index >= 15 is 0 Å². The fraction of sp³-hybridized carbons (Fsp3) is 0.278. The molecular weight excluding hydrogens is 334 g/mol. The van der Waals surface area contributed by atoms with Crippen LogP contribution in [0.1, 0.15) is 36.7 Å².